The third-order valence-corrected chi connectivity index (χ3v) is 2.13. The summed E-state index contributed by atoms with van der Waals surface area (Å²) in [5.74, 6) is 0. The molecule has 1 aliphatic heterocycles. The summed E-state index contributed by atoms with van der Waals surface area (Å²) in [6.45, 7) is 1.39. The zero-order valence-corrected chi connectivity index (χ0v) is 6.47. The van der Waals surface area contributed by atoms with Gasteiger partial charge in [0, 0.05) is 6.04 Å². The van der Waals surface area contributed by atoms with E-state index in [1.54, 1.807) is 0 Å². The number of hydrogen-bond donors (Lipinski definition) is 2. The fourth-order valence-corrected chi connectivity index (χ4v) is 1.43. The van der Waals surface area contributed by atoms with E-state index < -0.39 is 0 Å². The van der Waals surface area contributed by atoms with E-state index in [2.05, 4.69) is 5.32 Å². The molecule has 2 nitrogen and oxygen atoms in total. The summed E-state index contributed by atoms with van der Waals surface area (Å²) in [6.07, 6.45) is 6.40. The van der Waals surface area contributed by atoms with Gasteiger partial charge in [0.2, 0.25) is 0 Å². The maximum absolute atomic E-state index is 8.85. The Hall–Kier alpha value is -0.0800. The van der Waals surface area contributed by atoms with Crippen LogP contribution < -0.4 is 5.32 Å². The number of rotatable bonds is 1. The van der Waals surface area contributed by atoms with Crippen LogP contribution in [0.1, 0.15) is 32.1 Å². The van der Waals surface area contributed by atoms with Crippen LogP contribution in [0.2, 0.25) is 0 Å². The average Bonchev–Trinajstić information content (AvgIpc) is 1.87. The third-order valence-electron chi connectivity index (χ3n) is 2.13. The quantitative estimate of drug-likeness (QED) is 0.571. The van der Waals surface area contributed by atoms with Crippen LogP contribution >= 0.6 is 0 Å². The Balaban J connectivity index is 2.16. The lowest BCUT2D eigenvalue weighted by Gasteiger charge is -2.18. The van der Waals surface area contributed by atoms with Gasteiger partial charge in [-0.1, -0.05) is 19.3 Å². The highest BCUT2D eigenvalue weighted by Crippen LogP contribution is 2.08. The van der Waals surface area contributed by atoms with E-state index in [4.69, 9.17) is 5.11 Å². The summed E-state index contributed by atoms with van der Waals surface area (Å²) in [5, 5.41) is 12.2. The maximum atomic E-state index is 8.85. The van der Waals surface area contributed by atoms with Crippen molar-refractivity contribution in [1.29, 1.82) is 0 Å². The Bertz CT molecular complexity index is 77.3. The van der Waals surface area contributed by atoms with Gasteiger partial charge in [-0.25, -0.2) is 0 Å². The van der Waals surface area contributed by atoms with Gasteiger partial charge in [-0.15, -0.1) is 0 Å². The van der Waals surface area contributed by atoms with Gasteiger partial charge < -0.3 is 10.4 Å². The van der Waals surface area contributed by atoms with Crippen LogP contribution in [-0.2, 0) is 0 Å². The lowest BCUT2D eigenvalue weighted by molar-refractivity contribution is 0.227. The van der Waals surface area contributed by atoms with Gasteiger partial charge in [-0.05, 0) is 19.4 Å². The summed E-state index contributed by atoms with van der Waals surface area (Å²) < 4.78 is 0. The van der Waals surface area contributed by atoms with Crippen molar-refractivity contribution in [3.63, 3.8) is 0 Å². The Morgan fingerprint density at radius 1 is 1.20 bits per heavy atom. The van der Waals surface area contributed by atoms with Gasteiger partial charge >= 0.3 is 0 Å². The standard InChI is InChI=1S/C8H17NO/c10-7-8-5-3-1-2-4-6-9-8/h8-10H,1-7H2. The molecule has 1 fully saturated rings. The number of aliphatic hydroxyl groups excluding tert-OH is 1. The van der Waals surface area contributed by atoms with Crippen molar-refractivity contribution in [3.05, 3.63) is 0 Å². The monoisotopic (exact) mass is 143 g/mol. The van der Waals surface area contributed by atoms with Crippen LogP contribution in [0.4, 0.5) is 0 Å². The SMILES string of the molecule is OCC1CCCCCCN1. The molecule has 1 aliphatic rings. The highest BCUT2D eigenvalue weighted by Gasteiger charge is 2.07. The van der Waals surface area contributed by atoms with E-state index in [0.29, 0.717) is 12.6 Å². The zero-order valence-electron chi connectivity index (χ0n) is 6.47. The fourth-order valence-electron chi connectivity index (χ4n) is 1.43. The molecule has 1 saturated heterocycles. The van der Waals surface area contributed by atoms with Crippen molar-refractivity contribution in [2.45, 2.75) is 38.1 Å². The third kappa shape index (κ3) is 2.67. The first-order valence-electron chi connectivity index (χ1n) is 4.27. The zero-order chi connectivity index (χ0) is 7.23. The van der Waals surface area contributed by atoms with E-state index in [-0.39, 0.29) is 0 Å². The maximum Gasteiger partial charge on any atom is 0.0584 e. The molecule has 1 unspecified atom stereocenters. The van der Waals surface area contributed by atoms with Crippen molar-refractivity contribution >= 4 is 0 Å². The number of aliphatic hydroxyl groups is 1. The Morgan fingerprint density at radius 3 is 2.80 bits per heavy atom. The van der Waals surface area contributed by atoms with E-state index >= 15 is 0 Å². The Labute approximate surface area is 62.6 Å². The first-order valence-corrected chi connectivity index (χ1v) is 4.27. The molecule has 0 aromatic heterocycles. The highest BCUT2D eigenvalue weighted by molar-refractivity contribution is 4.67. The second-order valence-electron chi connectivity index (χ2n) is 3.04. The molecule has 0 radical (unpaired) electrons. The van der Waals surface area contributed by atoms with Gasteiger partial charge in [0.1, 0.15) is 0 Å². The minimum Gasteiger partial charge on any atom is -0.395 e. The number of hydrogen-bond acceptors (Lipinski definition) is 2. The van der Waals surface area contributed by atoms with Crippen LogP contribution in [0.3, 0.4) is 0 Å². The molecule has 0 spiro atoms. The van der Waals surface area contributed by atoms with Crippen LogP contribution in [0.25, 0.3) is 0 Å². The molecular formula is C8H17NO. The lowest BCUT2D eigenvalue weighted by atomic mass is 10.0. The van der Waals surface area contributed by atoms with Crippen molar-refractivity contribution in [2.24, 2.45) is 0 Å². The van der Waals surface area contributed by atoms with Crippen molar-refractivity contribution in [3.8, 4) is 0 Å². The summed E-state index contributed by atoms with van der Waals surface area (Å²) in [7, 11) is 0. The van der Waals surface area contributed by atoms with E-state index in [9.17, 15) is 0 Å². The minimum atomic E-state index is 0.306. The van der Waals surface area contributed by atoms with Crippen LogP contribution in [0, 0.1) is 0 Å². The van der Waals surface area contributed by atoms with Crippen LogP contribution in [0.5, 0.6) is 0 Å². The highest BCUT2D eigenvalue weighted by atomic mass is 16.3. The molecular weight excluding hydrogens is 126 g/mol. The molecule has 0 saturated carbocycles. The molecule has 0 amide bonds. The smallest absolute Gasteiger partial charge is 0.0584 e. The largest absolute Gasteiger partial charge is 0.395 e. The summed E-state index contributed by atoms with van der Waals surface area (Å²) in [6, 6.07) is 0.375. The topological polar surface area (TPSA) is 32.3 Å². The van der Waals surface area contributed by atoms with Gasteiger partial charge in [0.15, 0.2) is 0 Å². The first kappa shape index (κ1) is 8.02. The molecule has 0 aromatic rings. The Morgan fingerprint density at radius 2 is 2.00 bits per heavy atom. The predicted octanol–water partition coefficient (Wildman–Crippen LogP) is 0.901. The molecule has 2 N–H and O–H groups in total. The molecule has 10 heavy (non-hydrogen) atoms. The average molecular weight is 143 g/mol. The van der Waals surface area contributed by atoms with Gasteiger partial charge in [0.25, 0.3) is 0 Å². The number of nitrogens with one attached hydrogen (secondary N) is 1. The fraction of sp³-hybridized carbons (Fsp3) is 1.00. The van der Waals surface area contributed by atoms with Crippen molar-refractivity contribution in [2.75, 3.05) is 13.2 Å². The van der Waals surface area contributed by atoms with Gasteiger partial charge in [-0.3, -0.25) is 0 Å². The molecule has 1 atom stereocenters. The van der Waals surface area contributed by atoms with Gasteiger partial charge in [-0.2, -0.15) is 0 Å². The molecule has 60 valence electrons. The Kier molecular flexibility index (Phi) is 3.76. The molecule has 0 aromatic carbocycles. The molecule has 1 rings (SSSR count). The predicted molar refractivity (Wildman–Crippen MR) is 42.0 cm³/mol. The van der Waals surface area contributed by atoms with Crippen LogP contribution in [-0.4, -0.2) is 24.3 Å². The van der Waals surface area contributed by atoms with Crippen LogP contribution in [0.15, 0.2) is 0 Å². The summed E-state index contributed by atoms with van der Waals surface area (Å²) in [5.41, 5.74) is 0. The van der Waals surface area contributed by atoms with Crippen molar-refractivity contribution < 1.29 is 5.11 Å². The second-order valence-corrected chi connectivity index (χ2v) is 3.04. The molecule has 1 heterocycles. The van der Waals surface area contributed by atoms with Crippen molar-refractivity contribution in [1.82, 2.24) is 5.32 Å². The summed E-state index contributed by atoms with van der Waals surface area (Å²) >= 11 is 0. The molecule has 0 bridgehead atoms. The van der Waals surface area contributed by atoms with E-state index in [1.807, 2.05) is 0 Å². The minimum absolute atomic E-state index is 0.306. The normalized spacial score (nSPS) is 29.1. The van der Waals surface area contributed by atoms with E-state index in [0.717, 1.165) is 13.0 Å². The second kappa shape index (κ2) is 4.69. The molecule has 2 heteroatoms. The lowest BCUT2D eigenvalue weighted by Crippen LogP contribution is -2.34. The van der Waals surface area contributed by atoms with Gasteiger partial charge in [0.05, 0.1) is 6.61 Å². The summed E-state index contributed by atoms with van der Waals surface area (Å²) in [4.78, 5) is 0. The first-order chi connectivity index (χ1) is 4.93. The van der Waals surface area contributed by atoms with E-state index in [1.165, 1.54) is 25.7 Å². The molecule has 0 aliphatic carbocycles.